The van der Waals surface area contributed by atoms with Crippen molar-refractivity contribution in [3.05, 3.63) is 122 Å². The van der Waals surface area contributed by atoms with Crippen molar-refractivity contribution in [1.29, 1.82) is 0 Å². The Balaban J connectivity index is 0.000000730. The summed E-state index contributed by atoms with van der Waals surface area (Å²) in [5.74, 6) is 0. The Morgan fingerprint density at radius 1 is 0.471 bits per heavy atom. The molecule has 0 bridgehead atoms. The molecule has 0 atom stereocenters. The van der Waals surface area contributed by atoms with E-state index in [0.29, 0.717) is 0 Å². The molecule has 0 amide bonds. The number of aryl methyl sites for hydroxylation is 2. The highest BCUT2D eigenvalue weighted by atomic mass is 79.9. The summed E-state index contributed by atoms with van der Waals surface area (Å²) in [6.07, 6.45) is 45.4. The van der Waals surface area contributed by atoms with Crippen molar-refractivity contribution in [2.75, 3.05) is 6.54 Å². The molecule has 5 heteroatoms. The predicted molar refractivity (Wildman–Crippen MR) is 212 cm³/mol. The normalized spacial score (nSPS) is 11.4. The fourth-order valence-electron chi connectivity index (χ4n) is 6.17. The molecular weight excluding hydrogens is 710 g/mol. The molecule has 0 saturated heterocycles. The molecule has 286 valence electrons. The molecule has 0 fully saturated rings. The standard InChI is InChI=1S/2C17H30N.C12H13N.BrH.ClH/c2*1-2-3-4-5-6-7-8-9-10-12-15-18-16-13-11-14-17-18;1-3-7-12(8-4-1)11-13-9-5-2-6-10-13;;/h2*11,13-14,16-17H,2-10,12,15H2,1H3;1-9H,10-11H2;2*1H/q2*+1;;;/p-2. The number of nitrogens with zero attached hydrogens (tertiary/aromatic N) is 3. The van der Waals surface area contributed by atoms with Crippen LogP contribution in [-0.4, -0.2) is 11.4 Å². The molecule has 1 aliphatic rings. The second kappa shape index (κ2) is 37.3. The van der Waals surface area contributed by atoms with Gasteiger partial charge in [-0.05, 0) is 30.7 Å². The number of unbranched alkanes of at least 4 members (excludes halogenated alkanes) is 18. The van der Waals surface area contributed by atoms with Gasteiger partial charge in [0.1, 0.15) is 13.1 Å². The lowest BCUT2D eigenvalue weighted by Gasteiger charge is -2.20. The first kappa shape index (κ1) is 48.6. The van der Waals surface area contributed by atoms with Crippen LogP contribution in [0.4, 0.5) is 0 Å². The quantitative estimate of drug-likeness (QED) is 0.0760. The lowest BCUT2D eigenvalue weighted by Crippen LogP contribution is -3.00. The van der Waals surface area contributed by atoms with E-state index in [2.05, 4.69) is 144 Å². The molecule has 4 rings (SSSR count). The van der Waals surface area contributed by atoms with E-state index in [4.69, 9.17) is 0 Å². The maximum Gasteiger partial charge on any atom is 0.168 e. The number of halogens is 2. The van der Waals surface area contributed by atoms with Gasteiger partial charge in [0.05, 0.1) is 0 Å². The first-order valence-corrected chi connectivity index (χ1v) is 20.3. The highest BCUT2D eigenvalue weighted by Crippen LogP contribution is 2.12. The van der Waals surface area contributed by atoms with E-state index in [9.17, 15) is 0 Å². The van der Waals surface area contributed by atoms with E-state index in [1.807, 2.05) is 0 Å². The molecular formula is C46H73BrClN3. The van der Waals surface area contributed by atoms with Gasteiger partial charge in [-0.2, -0.15) is 0 Å². The molecule has 2 aromatic heterocycles. The first-order valence-electron chi connectivity index (χ1n) is 20.3. The molecule has 1 aliphatic heterocycles. The number of pyridine rings is 2. The minimum absolute atomic E-state index is 0. The molecule has 51 heavy (non-hydrogen) atoms. The Bertz CT molecular complexity index is 1100. The van der Waals surface area contributed by atoms with E-state index in [-0.39, 0.29) is 29.4 Å². The van der Waals surface area contributed by atoms with Crippen LogP contribution in [0.1, 0.15) is 148 Å². The van der Waals surface area contributed by atoms with E-state index < -0.39 is 0 Å². The fraction of sp³-hybridized carbons (Fsp3) is 0.565. The smallest absolute Gasteiger partial charge is 0.168 e. The Hall–Kier alpha value is -2.43. The monoisotopic (exact) mass is 781 g/mol. The van der Waals surface area contributed by atoms with Crippen LogP contribution in [0.2, 0.25) is 0 Å². The average Bonchev–Trinajstić information content (AvgIpc) is 3.15. The van der Waals surface area contributed by atoms with E-state index >= 15 is 0 Å². The largest absolute Gasteiger partial charge is 1.00 e. The number of aromatic nitrogens is 2. The lowest BCUT2D eigenvalue weighted by molar-refractivity contribution is -0.697. The number of rotatable bonds is 24. The van der Waals surface area contributed by atoms with Crippen molar-refractivity contribution in [2.24, 2.45) is 0 Å². The maximum absolute atomic E-state index is 2.29. The second-order valence-corrected chi connectivity index (χ2v) is 13.8. The highest BCUT2D eigenvalue weighted by Gasteiger charge is 2.01. The average molecular weight is 783 g/mol. The minimum atomic E-state index is 0. The third kappa shape index (κ3) is 29.8. The van der Waals surface area contributed by atoms with Crippen LogP contribution in [0, 0.1) is 0 Å². The van der Waals surface area contributed by atoms with Crippen LogP contribution in [0.15, 0.2) is 116 Å². The number of benzene rings is 1. The van der Waals surface area contributed by atoms with Gasteiger partial charge in [-0.3, -0.25) is 0 Å². The number of hydrogen-bond acceptors (Lipinski definition) is 1. The first-order chi connectivity index (χ1) is 24.3. The molecule has 0 radical (unpaired) electrons. The van der Waals surface area contributed by atoms with Crippen LogP contribution in [0.5, 0.6) is 0 Å². The Morgan fingerprint density at radius 2 is 0.843 bits per heavy atom. The molecule has 3 nitrogen and oxygen atoms in total. The van der Waals surface area contributed by atoms with Crippen molar-refractivity contribution in [1.82, 2.24) is 4.90 Å². The number of allylic oxidation sites excluding steroid dienone is 2. The van der Waals surface area contributed by atoms with Gasteiger partial charge in [-0.25, -0.2) is 9.13 Å². The zero-order valence-electron chi connectivity index (χ0n) is 32.5. The van der Waals surface area contributed by atoms with Gasteiger partial charge >= 0.3 is 0 Å². The lowest BCUT2D eigenvalue weighted by atomic mass is 10.1. The van der Waals surface area contributed by atoms with E-state index in [1.54, 1.807) is 0 Å². The molecule has 0 unspecified atom stereocenters. The van der Waals surface area contributed by atoms with Crippen LogP contribution in [0.25, 0.3) is 0 Å². The molecule has 0 aliphatic carbocycles. The third-order valence-corrected chi connectivity index (χ3v) is 9.21. The maximum atomic E-state index is 2.29. The molecule has 3 aromatic rings. The Kier molecular flexibility index (Phi) is 35.6. The van der Waals surface area contributed by atoms with Gasteiger partial charge in [0, 0.05) is 50.2 Å². The minimum Gasteiger partial charge on any atom is -1.00 e. The van der Waals surface area contributed by atoms with Crippen LogP contribution in [-0.2, 0) is 19.6 Å². The van der Waals surface area contributed by atoms with Crippen molar-refractivity contribution in [3.63, 3.8) is 0 Å². The van der Waals surface area contributed by atoms with Gasteiger partial charge in [-0.1, -0.05) is 171 Å². The molecule has 1 aromatic carbocycles. The predicted octanol–water partition coefficient (Wildman–Crippen LogP) is 6.37. The van der Waals surface area contributed by atoms with Crippen LogP contribution >= 0.6 is 0 Å². The van der Waals surface area contributed by atoms with Crippen molar-refractivity contribution in [3.8, 4) is 0 Å². The fourth-order valence-corrected chi connectivity index (χ4v) is 6.17. The Morgan fingerprint density at radius 3 is 1.22 bits per heavy atom. The van der Waals surface area contributed by atoms with Crippen LogP contribution < -0.4 is 38.5 Å². The molecule has 0 saturated carbocycles. The van der Waals surface area contributed by atoms with Gasteiger partial charge in [0.2, 0.25) is 0 Å². The summed E-state index contributed by atoms with van der Waals surface area (Å²) in [6, 6.07) is 23.1. The summed E-state index contributed by atoms with van der Waals surface area (Å²) >= 11 is 0. The summed E-state index contributed by atoms with van der Waals surface area (Å²) in [5.41, 5.74) is 1.36. The zero-order chi connectivity index (χ0) is 34.7. The molecule has 0 N–H and O–H groups in total. The summed E-state index contributed by atoms with van der Waals surface area (Å²) in [5, 5.41) is 0. The van der Waals surface area contributed by atoms with Gasteiger partial charge in [0.15, 0.2) is 24.8 Å². The second-order valence-electron chi connectivity index (χ2n) is 13.8. The van der Waals surface area contributed by atoms with Gasteiger partial charge < -0.3 is 34.3 Å². The summed E-state index contributed by atoms with van der Waals surface area (Å²) in [7, 11) is 0. The third-order valence-electron chi connectivity index (χ3n) is 9.21. The summed E-state index contributed by atoms with van der Waals surface area (Å²) in [4.78, 5) is 2.29. The van der Waals surface area contributed by atoms with E-state index in [1.165, 1.54) is 147 Å². The topological polar surface area (TPSA) is 11.0 Å². The van der Waals surface area contributed by atoms with Gasteiger partial charge in [0.25, 0.3) is 0 Å². The number of hydrogen-bond donors (Lipinski definition) is 0. The van der Waals surface area contributed by atoms with Crippen LogP contribution in [0.3, 0.4) is 0 Å². The van der Waals surface area contributed by atoms with Gasteiger partial charge in [-0.15, -0.1) is 0 Å². The van der Waals surface area contributed by atoms with Crippen molar-refractivity contribution < 1.29 is 38.5 Å². The zero-order valence-corrected chi connectivity index (χ0v) is 34.9. The Labute approximate surface area is 331 Å². The van der Waals surface area contributed by atoms with E-state index in [0.717, 1.165) is 13.1 Å². The SMILES string of the molecule is C1=CCN(Cc2ccccc2)C=C1.CCCCCCCCCCCC[n+]1ccccc1.CCCCCCCCCCCC[n+]1ccccc1.[Br-].[Cl-]. The summed E-state index contributed by atoms with van der Waals surface area (Å²) in [6.45, 7) is 8.94. The highest BCUT2D eigenvalue weighted by molar-refractivity contribution is 5.16. The molecule has 3 heterocycles. The molecule has 0 spiro atoms. The summed E-state index contributed by atoms with van der Waals surface area (Å²) < 4.78 is 4.56. The van der Waals surface area contributed by atoms with Crippen molar-refractivity contribution >= 4 is 0 Å². The van der Waals surface area contributed by atoms with Crippen molar-refractivity contribution in [2.45, 2.75) is 162 Å².